The summed E-state index contributed by atoms with van der Waals surface area (Å²) in [6.45, 7) is 5.20. The van der Waals surface area contributed by atoms with Gasteiger partial charge < -0.3 is 15.2 Å². The number of carbonyl (C=O) groups is 2. The van der Waals surface area contributed by atoms with Crippen molar-refractivity contribution >= 4 is 23.6 Å². The highest BCUT2D eigenvalue weighted by Gasteiger charge is 2.18. The summed E-state index contributed by atoms with van der Waals surface area (Å²) < 4.78 is 5.70. The van der Waals surface area contributed by atoms with Gasteiger partial charge >= 0.3 is 5.97 Å². The van der Waals surface area contributed by atoms with Gasteiger partial charge in [0.2, 0.25) is 0 Å². The first kappa shape index (κ1) is 21.0. The van der Waals surface area contributed by atoms with Gasteiger partial charge in [0.05, 0.1) is 18.8 Å². The Kier molecular flexibility index (Phi) is 8.36. The standard InChI is InChI=1S/C21H25NO4S/c1-15(13-26-14-17-8-4-3-5-9-17)12-22-20(23)18-10-6-7-11-19(18)27-16(2)21(24)25/h3-11,15-16H,12-14H2,1-2H3,(H,22,23)(H,24,25). The van der Waals surface area contributed by atoms with Crippen molar-refractivity contribution in [3.05, 3.63) is 65.7 Å². The summed E-state index contributed by atoms with van der Waals surface area (Å²) in [5.74, 6) is -0.944. The molecule has 0 fully saturated rings. The SMILES string of the molecule is CC(CNC(=O)c1ccccc1SC(C)C(=O)O)COCc1ccccc1. The Morgan fingerprint density at radius 1 is 1.07 bits per heavy atom. The van der Waals surface area contributed by atoms with E-state index in [0.29, 0.717) is 30.2 Å². The molecule has 2 unspecified atom stereocenters. The van der Waals surface area contributed by atoms with Crippen LogP contribution in [0.1, 0.15) is 29.8 Å². The minimum absolute atomic E-state index is 0.162. The minimum atomic E-state index is -0.903. The fourth-order valence-corrected chi connectivity index (χ4v) is 3.30. The highest BCUT2D eigenvalue weighted by atomic mass is 32.2. The third kappa shape index (κ3) is 7.07. The van der Waals surface area contributed by atoms with Crippen LogP contribution < -0.4 is 5.32 Å². The number of hydrogen-bond acceptors (Lipinski definition) is 4. The fraction of sp³-hybridized carbons (Fsp3) is 0.333. The quantitative estimate of drug-likeness (QED) is 0.606. The summed E-state index contributed by atoms with van der Waals surface area (Å²) >= 11 is 1.17. The first-order valence-corrected chi connectivity index (χ1v) is 9.73. The monoisotopic (exact) mass is 387 g/mol. The Morgan fingerprint density at radius 2 is 1.74 bits per heavy atom. The molecule has 0 aliphatic rings. The smallest absolute Gasteiger partial charge is 0.316 e. The van der Waals surface area contributed by atoms with Crippen LogP contribution in [0.5, 0.6) is 0 Å². The second kappa shape index (κ2) is 10.7. The number of carboxylic acid groups (broad SMARTS) is 1. The van der Waals surface area contributed by atoms with Crippen molar-refractivity contribution in [3.8, 4) is 0 Å². The number of carbonyl (C=O) groups excluding carboxylic acids is 1. The Hall–Kier alpha value is -2.31. The normalized spacial score (nSPS) is 13.0. The molecule has 0 saturated carbocycles. The van der Waals surface area contributed by atoms with E-state index in [2.05, 4.69) is 5.32 Å². The van der Waals surface area contributed by atoms with Crippen molar-refractivity contribution in [2.24, 2.45) is 5.92 Å². The molecule has 0 aromatic heterocycles. The van der Waals surface area contributed by atoms with Crippen molar-refractivity contribution in [1.82, 2.24) is 5.32 Å². The van der Waals surface area contributed by atoms with E-state index >= 15 is 0 Å². The predicted molar refractivity (Wildman–Crippen MR) is 107 cm³/mol. The van der Waals surface area contributed by atoms with Crippen LogP contribution in [-0.4, -0.2) is 35.4 Å². The second-order valence-electron chi connectivity index (χ2n) is 6.41. The van der Waals surface area contributed by atoms with Gasteiger partial charge in [0.15, 0.2) is 0 Å². The van der Waals surface area contributed by atoms with Gasteiger partial charge in [-0.05, 0) is 30.5 Å². The zero-order chi connectivity index (χ0) is 19.6. The van der Waals surface area contributed by atoms with Gasteiger partial charge in [-0.25, -0.2) is 0 Å². The zero-order valence-electron chi connectivity index (χ0n) is 15.6. The van der Waals surface area contributed by atoms with Crippen molar-refractivity contribution in [2.75, 3.05) is 13.2 Å². The van der Waals surface area contributed by atoms with Gasteiger partial charge in [-0.2, -0.15) is 0 Å². The number of rotatable bonds is 10. The minimum Gasteiger partial charge on any atom is -0.480 e. The first-order chi connectivity index (χ1) is 13.0. The lowest BCUT2D eigenvalue weighted by molar-refractivity contribution is -0.136. The van der Waals surface area contributed by atoms with Gasteiger partial charge in [0, 0.05) is 11.4 Å². The lowest BCUT2D eigenvalue weighted by atomic mass is 10.1. The van der Waals surface area contributed by atoms with Gasteiger partial charge in [0.25, 0.3) is 5.91 Å². The van der Waals surface area contributed by atoms with Crippen LogP contribution in [0.4, 0.5) is 0 Å². The number of hydrogen-bond donors (Lipinski definition) is 2. The average Bonchev–Trinajstić information content (AvgIpc) is 2.67. The Bertz CT molecular complexity index is 751. The number of aliphatic carboxylic acids is 1. The molecular weight excluding hydrogens is 362 g/mol. The third-order valence-electron chi connectivity index (χ3n) is 3.91. The van der Waals surface area contributed by atoms with Crippen LogP contribution in [0.25, 0.3) is 0 Å². The molecule has 2 aromatic rings. The van der Waals surface area contributed by atoms with Gasteiger partial charge in [0.1, 0.15) is 5.25 Å². The molecule has 0 aliphatic heterocycles. The molecule has 2 atom stereocenters. The van der Waals surface area contributed by atoms with E-state index in [4.69, 9.17) is 9.84 Å². The summed E-state index contributed by atoms with van der Waals surface area (Å²) in [5, 5.41) is 11.4. The molecule has 0 saturated heterocycles. The first-order valence-electron chi connectivity index (χ1n) is 8.85. The molecule has 2 rings (SSSR count). The van der Waals surface area contributed by atoms with Crippen LogP contribution in [0, 0.1) is 5.92 Å². The van der Waals surface area contributed by atoms with Crippen LogP contribution in [0.15, 0.2) is 59.5 Å². The Morgan fingerprint density at radius 3 is 2.44 bits per heavy atom. The third-order valence-corrected chi connectivity index (χ3v) is 5.07. The van der Waals surface area contributed by atoms with Crippen LogP contribution in [-0.2, 0) is 16.1 Å². The van der Waals surface area contributed by atoms with Crippen LogP contribution in [0.2, 0.25) is 0 Å². The van der Waals surface area contributed by atoms with Crippen LogP contribution >= 0.6 is 11.8 Å². The number of benzene rings is 2. The number of carboxylic acids is 1. The van der Waals surface area contributed by atoms with E-state index in [1.165, 1.54) is 11.8 Å². The second-order valence-corrected chi connectivity index (χ2v) is 7.79. The molecule has 0 aliphatic carbocycles. The van der Waals surface area contributed by atoms with E-state index in [-0.39, 0.29) is 11.8 Å². The predicted octanol–water partition coefficient (Wildman–Crippen LogP) is 3.83. The molecular formula is C21H25NO4S. The summed E-state index contributed by atoms with van der Waals surface area (Å²) in [5.41, 5.74) is 1.61. The summed E-state index contributed by atoms with van der Waals surface area (Å²) in [6.07, 6.45) is 0. The molecule has 6 heteroatoms. The molecule has 5 nitrogen and oxygen atoms in total. The van der Waals surface area contributed by atoms with Crippen LogP contribution in [0.3, 0.4) is 0 Å². The molecule has 2 aromatic carbocycles. The fourth-order valence-electron chi connectivity index (χ4n) is 2.37. The van der Waals surface area contributed by atoms with Crippen molar-refractivity contribution < 1.29 is 19.4 Å². The van der Waals surface area contributed by atoms with E-state index in [1.807, 2.05) is 37.3 Å². The summed E-state index contributed by atoms with van der Waals surface area (Å²) in [6, 6.07) is 17.0. The number of amides is 1. The maximum atomic E-state index is 12.5. The van der Waals surface area contributed by atoms with E-state index in [0.717, 1.165) is 5.56 Å². The Labute approximate surface area is 164 Å². The molecule has 0 bridgehead atoms. The molecule has 27 heavy (non-hydrogen) atoms. The van der Waals surface area contributed by atoms with Crippen molar-refractivity contribution in [2.45, 2.75) is 30.6 Å². The molecule has 0 radical (unpaired) electrons. The topological polar surface area (TPSA) is 75.6 Å². The zero-order valence-corrected chi connectivity index (χ0v) is 16.4. The van der Waals surface area contributed by atoms with Gasteiger partial charge in [-0.1, -0.05) is 49.4 Å². The maximum absolute atomic E-state index is 12.5. The average molecular weight is 388 g/mol. The highest BCUT2D eigenvalue weighted by Crippen LogP contribution is 2.27. The molecule has 1 amide bonds. The molecule has 0 heterocycles. The summed E-state index contributed by atoms with van der Waals surface area (Å²) in [7, 11) is 0. The maximum Gasteiger partial charge on any atom is 0.316 e. The van der Waals surface area contributed by atoms with Gasteiger partial charge in [-0.15, -0.1) is 11.8 Å². The largest absolute Gasteiger partial charge is 0.480 e. The van der Waals surface area contributed by atoms with E-state index in [1.54, 1.807) is 31.2 Å². The van der Waals surface area contributed by atoms with E-state index in [9.17, 15) is 9.59 Å². The van der Waals surface area contributed by atoms with E-state index < -0.39 is 11.2 Å². The number of ether oxygens (including phenoxy) is 1. The molecule has 2 N–H and O–H groups in total. The highest BCUT2D eigenvalue weighted by molar-refractivity contribution is 8.00. The summed E-state index contributed by atoms with van der Waals surface area (Å²) in [4.78, 5) is 24.2. The lowest BCUT2D eigenvalue weighted by Crippen LogP contribution is -2.30. The number of nitrogens with one attached hydrogen (secondary N) is 1. The lowest BCUT2D eigenvalue weighted by Gasteiger charge is -2.15. The van der Waals surface area contributed by atoms with Crippen molar-refractivity contribution in [3.63, 3.8) is 0 Å². The number of thioether (sulfide) groups is 1. The van der Waals surface area contributed by atoms with Gasteiger partial charge in [-0.3, -0.25) is 9.59 Å². The van der Waals surface area contributed by atoms with Crippen molar-refractivity contribution in [1.29, 1.82) is 0 Å². The molecule has 144 valence electrons. The Balaban J connectivity index is 1.82. The molecule has 0 spiro atoms.